The molecule has 56 heavy (non-hydrogen) atoms. The lowest BCUT2D eigenvalue weighted by atomic mass is 9.55. The summed E-state index contributed by atoms with van der Waals surface area (Å²) in [5, 5.41) is 26.8. The number of allylic oxidation sites excluding steroid dienone is 1. The lowest BCUT2D eigenvalue weighted by molar-refractivity contribution is -0.253. The number of carbonyl (C=O) groups is 1. The standard InChI is InChI=1S/C45H57ClN2O8/c1-6-24-53-45-40(48(5)43(51)52-25-21-46)29-38(47-56-44(2,3)4)36-27-32(15-9-11-22-49)35(16-10-12-23-50)41(42(36)45)37-28-34(19-20-39(37)55-45)54-33-18-17-30-13-7-8-14-31(30)26-33/h6-8,13-14,17-20,26-28,32,35,40-42,49-50H,1,9-12,15-16,21-25,29H2,2-5H3. The van der Waals surface area contributed by atoms with E-state index in [-0.39, 0.29) is 56.5 Å². The summed E-state index contributed by atoms with van der Waals surface area (Å²) in [5.41, 5.74) is 2.07. The summed E-state index contributed by atoms with van der Waals surface area (Å²) >= 11 is 5.95. The number of nitrogens with zero attached hydrogens (tertiary/aromatic N) is 2. The Hall–Kier alpha value is -4.09. The summed E-state index contributed by atoms with van der Waals surface area (Å²) < 4.78 is 26.3. The SMILES string of the molecule is C=CCOC12Oc3ccc(Oc4ccc5ccccc5c4)cc3C3C(CCCCO)C(CCCCO)C=C(C(=NOC(C)(C)C)CC1N(C)C(=O)OCCCl)C32. The Balaban J connectivity index is 1.56. The molecular weight excluding hydrogens is 732 g/mol. The maximum Gasteiger partial charge on any atom is 0.410 e. The Morgan fingerprint density at radius 3 is 2.45 bits per heavy atom. The molecule has 0 saturated heterocycles. The van der Waals surface area contributed by atoms with Gasteiger partial charge in [-0.05, 0) is 105 Å². The van der Waals surface area contributed by atoms with Crippen molar-refractivity contribution in [2.75, 3.05) is 39.4 Å². The van der Waals surface area contributed by atoms with Crippen molar-refractivity contribution in [1.82, 2.24) is 4.90 Å². The number of ether oxygens (including phenoxy) is 4. The number of aliphatic hydroxyl groups excluding tert-OH is 2. The molecule has 3 aromatic carbocycles. The van der Waals surface area contributed by atoms with E-state index in [1.54, 1.807) is 18.0 Å². The summed E-state index contributed by atoms with van der Waals surface area (Å²) in [6.45, 7) is 10.3. The van der Waals surface area contributed by atoms with Crippen LogP contribution < -0.4 is 9.47 Å². The third-order valence-corrected chi connectivity index (χ3v) is 11.2. The molecule has 6 unspecified atom stereocenters. The van der Waals surface area contributed by atoms with Gasteiger partial charge in [-0.25, -0.2) is 4.79 Å². The van der Waals surface area contributed by atoms with Gasteiger partial charge in [-0.15, -0.1) is 18.2 Å². The number of hydrogen-bond acceptors (Lipinski definition) is 9. The van der Waals surface area contributed by atoms with E-state index in [9.17, 15) is 15.0 Å². The minimum Gasteiger partial charge on any atom is -0.459 e. The number of likely N-dealkylation sites (N-methyl/N-ethyl adjacent to an activating group) is 1. The largest absolute Gasteiger partial charge is 0.459 e. The number of fused-ring (bicyclic) bond motifs is 3. The van der Waals surface area contributed by atoms with Gasteiger partial charge in [-0.2, -0.15) is 0 Å². The van der Waals surface area contributed by atoms with Crippen LogP contribution in [0.15, 0.2) is 90.1 Å². The summed E-state index contributed by atoms with van der Waals surface area (Å²) in [7, 11) is 1.70. The third-order valence-electron chi connectivity index (χ3n) is 11.1. The van der Waals surface area contributed by atoms with E-state index >= 15 is 0 Å². The van der Waals surface area contributed by atoms with E-state index in [1.807, 2.05) is 57.2 Å². The molecule has 10 nitrogen and oxygen atoms in total. The zero-order valence-electron chi connectivity index (χ0n) is 33.1. The van der Waals surface area contributed by atoms with Gasteiger partial charge < -0.3 is 38.9 Å². The molecule has 2 aliphatic carbocycles. The van der Waals surface area contributed by atoms with Crippen LogP contribution in [0.5, 0.6) is 17.2 Å². The summed E-state index contributed by atoms with van der Waals surface area (Å²) in [6.07, 6.45) is 8.43. The van der Waals surface area contributed by atoms with Crippen LogP contribution in [0.1, 0.15) is 77.2 Å². The minimum absolute atomic E-state index is 0.0510. The van der Waals surface area contributed by atoms with Crippen LogP contribution in [0.25, 0.3) is 10.8 Å². The Bertz CT molecular complexity index is 1890. The van der Waals surface area contributed by atoms with Crippen molar-refractivity contribution >= 4 is 34.2 Å². The predicted octanol–water partition coefficient (Wildman–Crippen LogP) is 9.37. The molecule has 1 saturated carbocycles. The van der Waals surface area contributed by atoms with Crippen LogP contribution in [-0.2, 0) is 14.3 Å². The van der Waals surface area contributed by atoms with Gasteiger partial charge in [-0.1, -0.05) is 60.5 Å². The van der Waals surface area contributed by atoms with Gasteiger partial charge in [0.25, 0.3) is 0 Å². The zero-order chi connectivity index (χ0) is 39.9. The first-order valence-electron chi connectivity index (χ1n) is 19.9. The first-order valence-corrected chi connectivity index (χ1v) is 20.5. The number of alkyl halides is 1. The molecular formula is C45H57ClN2O8. The number of hydrogen-bond donors (Lipinski definition) is 2. The molecule has 0 aromatic heterocycles. The van der Waals surface area contributed by atoms with Crippen molar-refractivity contribution in [3.8, 4) is 17.2 Å². The summed E-state index contributed by atoms with van der Waals surface area (Å²) in [5.74, 6) is 0.374. The van der Waals surface area contributed by atoms with Gasteiger partial charge >= 0.3 is 6.09 Å². The maximum absolute atomic E-state index is 13.7. The number of benzene rings is 3. The van der Waals surface area contributed by atoms with E-state index in [1.165, 1.54) is 0 Å². The van der Waals surface area contributed by atoms with Crippen molar-refractivity contribution in [1.29, 1.82) is 0 Å². The second-order valence-electron chi connectivity index (χ2n) is 16.0. The highest BCUT2D eigenvalue weighted by atomic mass is 35.5. The number of unbranched alkanes of at least 4 members (excludes halogenated alkanes) is 2. The number of rotatable bonds is 17. The quantitative estimate of drug-likeness (QED) is 0.0602. The lowest BCUT2D eigenvalue weighted by Crippen LogP contribution is -2.69. The van der Waals surface area contributed by atoms with Gasteiger partial charge in [0.1, 0.15) is 35.5 Å². The normalized spacial score (nSPS) is 24.7. The van der Waals surface area contributed by atoms with E-state index in [0.29, 0.717) is 30.1 Å². The van der Waals surface area contributed by atoms with E-state index in [0.717, 1.165) is 53.3 Å². The van der Waals surface area contributed by atoms with Crippen LogP contribution >= 0.6 is 11.6 Å². The Morgan fingerprint density at radius 2 is 1.73 bits per heavy atom. The molecule has 6 atom stereocenters. The van der Waals surface area contributed by atoms with Crippen LogP contribution in [0.2, 0.25) is 0 Å². The first-order chi connectivity index (χ1) is 27.0. The second kappa shape index (κ2) is 18.4. The number of amides is 1. The summed E-state index contributed by atoms with van der Waals surface area (Å²) in [4.78, 5) is 21.4. The van der Waals surface area contributed by atoms with E-state index < -0.39 is 29.4 Å². The highest BCUT2D eigenvalue weighted by molar-refractivity contribution is 6.18. The fourth-order valence-corrected chi connectivity index (χ4v) is 8.78. The number of carbonyl (C=O) groups excluding carboxylic acids is 1. The number of oxime groups is 1. The van der Waals surface area contributed by atoms with E-state index in [4.69, 9.17) is 40.5 Å². The summed E-state index contributed by atoms with van der Waals surface area (Å²) in [6, 6.07) is 19.5. The molecule has 1 aliphatic heterocycles. The fraction of sp³-hybridized carbons (Fsp3) is 0.511. The van der Waals surface area contributed by atoms with Crippen LogP contribution in [0.3, 0.4) is 0 Å². The van der Waals surface area contributed by atoms with Crippen LogP contribution in [0, 0.1) is 17.8 Å². The van der Waals surface area contributed by atoms with Crippen molar-refractivity contribution in [3.63, 3.8) is 0 Å². The maximum atomic E-state index is 13.7. The third kappa shape index (κ3) is 9.04. The van der Waals surface area contributed by atoms with Gasteiger partial charge in [0, 0.05) is 38.2 Å². The lowest BCUT2D eigenvalue weighted by Gasteiger charge is -2.59. The molecule has 3 aromatic rings. The molecule has 2 N–H and O–H groups in total. The fourth-order valence-electron chi connectivity index (χ4n) is 8.71. The Morgan fingerprint density at radius 1 is 1.02 bits per heavy atom. The molecule has 3 aliphatic rings. The van der Waals surface area contributed by atoms with Gasteiger partial charge in [0.05, 0.1) is 24.1 Å². The van der Waals surface area contributed by atoms with E-state index in [2.05, 4.69) is 36.9 Å². The number of aliphatic hydroxyl groups is 2. The highest BCUT2D eigenvalue weighted by Gasteiger charge is 2.65. The smallest absolute Gasteiger partial charge is 0.410 e. The average molecular weight is 789 g/mol. The first kappa shape index (κ1) is 41.5. The Labute approximate surface area is 336 Å². The molecule has 11 heteroatoms. The van der Waals surface area contributed by atoms with Crippen LogP contribution in [-0.4, -0.2) is 83.7 Å². The van der Waals surface area contributed by atoms with Crippen molar-refractivity contribution in [3.05, 3.63) is 90.5 Å². The molecule has 6 rings (SSSR count). The van der Waals surface area contributed by atoms with Crippen molar-refractivity contribution < 1.29 is 38.8 Å². The van der Waals surface area contributed by atoms with Crippen LogP contribution in [0.4, 0.5) is 4.79 Å². The van der Waals surface area contributed by atoms with Crippen molar-refractivity contribution in [2.24, 2.45) is 22.9 Å². The molecule has 302 valence electrons. The monoisotopic (exact) mass is 788 g/mol. The molecule has 0 spiro atoms. The topological polar surface area (TPSA) is 119 Å². The second-order valence-corrected chi connectivity index (χ2v) is 16.4. The van der Waals surface area contributed by atoms with Gasteiger partial charge in [0.2, 0.25) is 5.79 Å². The molecule has 1 amide bonds. The molecule has 0 bridgehead atoms. The van der Waals surface area contributed by atoms with Gasteiger partial charge in [0.15, 0.2) is 0 Å². The predicted molar refractivity (Wildman–Crippen MR) is 220 cm³/mol. The average Bonchev–Trinajstić information content (AvgIpc) is 3.19. The highest BCUT2D eigenvalue weighted by Crippen LogP contribution is 2.62. The number of halogens is 1. The van der Waals surface area contributed by atoms with Crippen molar-refractivity contribution in [2.45, 2.75) is 89.1 Å². The Kier molecular flexibility index (Phi) is 13.7. The minimum atomic E-state index is -1.38. The molecule has 1 fully saturated rings. The molecule has 0 radical (unpaired) electrons. The zero-order valence-corrected chi connectivity index (χ0v) is 33.9. The van der Waals surface area contributed by atoms with Gasteiger partial charge in [-0.3, -0.25) is 0 Å². The molecule has 1 heterocycles.